The van der Waals surface area contributed by atoms with E-state index in [9.17, 15) is 13.5 Å². The molecule has 0 amide bonds. The number of hydrogen-bond donors (Lipinski definition) is 2. The first kappa shape index (κ1) is 54.3. The van der Waals surface area contributed by atoms with Crippen molar-refractivity contribution in [2.24, 2.45) is 0 Å². The summed E-state index contributed by atoms with van der Waals surface area (Å²) in [7, 11) is -3.29. The molecule has 0 aromatic heterocycles. The Labute approximate surface area is 330 Å². The Bertz CT molecular complexity index is 831. The predicted octanol–water partition coefficient (Wildman–Crippen LogP) is 12.9. The maximum atomic E-state index is 10.1. The van der Waals surface area contributed by atoms with Gasteiger partial charge in [-0.15, -0.1) is 0 Å². The minimum Gasteiger partial charge on any atom is -0.392 e. The van der Waals surface area contributed by atoms with Gasteiger partial charge in [0.2, 0.25) is 0 Å². The van der Waals surface area contributed by atoms with Crippen molar-refractivity contribution in [3.05, 3.63) is 24.3 Å². The number of nitrogens with zero attached hydrogens (tertiary/aromatic N) is 1. The van der Waals surface area contributed by atoms with Crippen molar-refractivity contribution >= 4 is 10.4 Å². The molecular weight excluding hydrogens is 687 g/mol. The number of allylic oxidation sites excluding steroid dienone is 4. The zero-order chi connectivity index (χ0) is 39.7. The highest BCUT2D eigenvalue weighted by Gasteiger charge is 2.22. The van der Waals surface area contributed by atoms with Crippen molar-refractivity contribution in [1.82, 2.24) is 4.90 Å². The second-order valence-electron chi connectivity index (χ2n) is 15.0. The third kappa shape index (κ3) is 45.5. The summed E-state index contributed by atoms with van der Waals surface area (Å²) in [5.74, 6) is 0. The van der Waals surface area contributed by atoms with Gasteiger partial charge in [-0.25, -0.2) is 0 Å². The number of rotatable bonds is 39. The molecule has 0 radical (unpaired) electrons. The van der Waals surface area contributed by atoms with Gasteiger partial charge >= 0.3 is 10.4 Å². The summed E-state index contributed by atoms with van der Waals surface area (Å²) in [5.41, 5.74) is 0. The largest absolute Gasteiger partial charge is 0.397 e. The molecule has 0 fully saturated rings. The van der Waals surface area contributed by atoms with Crippen molar-refractivity contribution < 1.29 is 31.7 Å². The van der Waals surface area contributed by atoms with Crippen LogP contribution in [0.5, 0.6) is 0 Å². The molecule has 0 heterocycles. The van der Waals surface area contributed by atoms with Gasteiger partial charge in [-0.1, -0.05) is 154 Å². The molecule has 8 nitrogen and oxygen atoms in total. The lowest BCUT2D eigenvalue weighted by molar-refractivity contribution is -0.150. The van der Waals surface area contributed by atoms with Gasteiger partial charge in [-0.2, -0.15) is 8.42 Å². The Kier molecular flexibility index (Phi) is 43.4. The number of aliphatic hydroxyl groups is 1. The first-order valence-corrected chi connectivity index (χ1v) is 23.4. The molecule has 3 unspecified atom stereocenters. The van der Waals surface area contributed by atoms with Gasteiger partial charge in [0.1, 0.15) is 12.5 Å². The van der Waals surface area contributed by atoms with Crippen LogP contribution >= 0.6 is 0 Å². The van der Waals surface area contributed by atoms with Gasteiger partial charge < -0.3 is 14.6 Å². The van der Waals surface area contributed by atoms with Gasteiger partial charge in [-0.05, 0) is 85.0 Å². The Balaban J connectivity index is 0. The number of unbranched alkanes of at least 4 members (excludes halogenated alkanes) is 24. The molecule has 0 spiro atoms. The molecule has 53 heavy (non-hydrogen) atoms. The Morgan fingerprint density at radius 3 is 1.04 bits per heavy atom. The van der Waals surface area contributed by atoms with Gasteiger partial charge in [0.25, 0.3) is 0 Å². The molecule has 318 valence electrons. The van der Waals surface area contributed by atoms with Crippen molar-refractivity contribution in [3.8, 4) is 0 Å². The van der Waals surface area contributed by atoms with Crippen LogP contribution in [0.15, 0.2) is 24.3 Å². The smallest absolute Gasteiger partial charge is 0.392 e. The van der Waals surface area contributed by atoms with E-state index in [1.54, 1.807) is 0 Å². The second kappa shape index (κ2) is 42.3. The average molecular weight is 776 g/mol. The summed E-state index contributed by atoms with van der Waals surface area (Å²) in [6.45, 7) is 12.8. The highest BCUT2D eigenvalue weighted by molar-refractivity contribution is 7.80. The topological polar surface area (TPSA) is 106 Å². The number of hydrogen-bond acceptors (Lipinski definition) is 7. The summed E-state index contributed by atoms with van der Waals surface area (Å²) in [6, 6.07) is 0. The maximum absolute atomic E-state index is 10.1. The van der Waals surface area contributed by atoms with Crippen LogP contribution in [0.4, 0.5) is 0 Å². The summed E-state index contributed by atoms with van der Waals surface area (Å²) in [4.78, 5) is 2.17. The number of aliphatic hydroxyl groups excluding tert-OH is 1. The highest BCUT2D eigenvalue weighted by Crippen LogP contribution is 2.15. The fraction of sp³-hybridized carbons (Fsp3) is 0.909. The fourth-order valence-corrected chi connectivity index (χ4v) is 6.30. The van der Waals surface area contributed by atoms with Crippen molar-refractivity contribution in [2.45, 2.75) is 233 Å². The van der Waals surface area contributed by atoms with Crippen LogP contribution < -0.4 is 0 Å². The van der Waals surface area contributed by atoms with Crippen LogP contribution in [0.1, 0.15) is 214 Å². The Hall–Kier alpha value is -0.810. The Morgan fingerprint density at radius 2 is 0.774 bits per heavy atom. The molecule has 0 rings (SSSR count). The van der Waals surface area contributed by atoms with E-state index in [0.717, 1.165) is 33.2 Å². The summed E-state index contributed by atoms with van der Waals surface area (Å²) in [5, 5.41) is 10.1. The van der Waals surface area contributed by atoms with E-state index < -0.39 is 16.5 Å². The van der Waals surface area contributed by atoms with Crippen LogP contribution in [-0.2, 0) is 24.1 Å². The third-order valence-corrected chi connectivity index (χ3v) is 10.1. The molecule has 0 aliphatic rings. The molecule has 0 aliphatic heterocycles. The molecule has 0 saturated heterocycles. The van der Waals surface area contributed by atoms with E-state index in [1.807, 2.05) is 6.92 Å². The third-order valence-electron chi connectivity index (χ3n) is 9.65. The van der Waals surface area contributed by atoms with Crippen LogP contribution in [-0.4, -0.2) is 68.4 Å². The van der Waals surface area contributed by atoms with E-state index in [2.05, 4.69) is 61.1 Å². The molecule has 9 heteroatoms. The van der Waals surface area contributed by atoms with Crippen LogP contribution in [0.25, 0.3) is 0 Å². The van der Waals surface area contributed by atoms with E-state index >= 15 is 0 Å². The summed E-state index contributed by atoms with van der Waals surface area (Å²) < 4.78 is 42.1. The van der Waals surface area contributed by atoms with E-state index in [4.69, 9.17) is 14.0 Å². The van der Waals surface area contributed by atoms with Crippen LogP contribution in [0.2, 0.25) is 0 Å². The molecular formula is C44H89NO7S. The lowest BCUT2D eigenvalue weighted by Gasteiger charge is -2.35. The lowest BCUT2D eigenvalue weighted by atomic mass is 10.1. The highest BCUT2D eigenvalue weighted by atomic mass is 32.3. The van der Waals surface area contributed by atoms with Gasteiger partial charge in [0.15, 0.2) is 0 Å². The molecule has 0 aromatic carbocycles. The standard InChI is InChI=1S/C43H85NO3.CH4O4S/c1-6-8-10-12-14-16-18-20-22-24-26-28-30-32-34-36-38-46-42(4)44(40-41(3)45)43(5)47-39-37-35-33-31-29-27-25-23-21-19-17-15-13-11-9-7-2;1-5-6(2,3)4/h20-23,41-43,45H,6-19,24-40H2,1-5H3;1H3,(H,2,3,4)/b22-20-,23-21-;. The van der Waals surface area contributed by atoms with Gasteiger partial charge in [-0.3, -0.25) is 13.6 Å². The van der Waals surface area contributed by atoms with Crippen molar-refractivity contribution in [3.63, 3.8) is 0 Å². The quantitative estimate of drug-likeness (QED) is 0.0275. The minimum atomic E-state index is -4.16. The first-order valence-electron chi connectivity index (χ1n) is 22.1. The average Bonchev–Trinajstić information content (AvgIpc) is 3.12. The van der Waals surface area contributed by atoms with E-state index in [-0.39, 0.29) is 12.5 Å². The van der Waals surface area contributed by atoms with Gasteiger partial charge in [0, 0.05) is 19.8 Å². The minimum absolute atomic E-state index is 0.0532. The fourth-order valence-electron chi connectivity index (χ4n) is 6.30. The van der Waals surface area contributed by atoms with Gasteiger partial charge in [0.05, 0.1) is 13.2 Å². The molecule has 3 atom stereocenters. The zero-order valence-corrected chi connectivity index (χ0v) is 36.6. The second-order valence-corrected chi connectivity index (χ2v) is 16.1. The van der Waals surface area contributed by atoms with Crippen LogP contribution in [0.3, 0.4) is 0 Å². The summed E-state index contributed by atoms with van der Waals surface area (Å²) >= 11 is 0. The zero-order valence-electron chi connectivity index (χ0n) is 35.8. The first-order chi connectivity index (χ1) is 25.6. The van der Waals surface area contributed by atoms with Crippen LogP contribution in [0, 0.1) is 0 Å². The SMILES string of the molecule is CCCCCCCC/C=C\CCCCCCCCOC(C)N(CC(C)O)C(C)OCCCCCCCC/C=C\CCCCCCCC.COS(=O)(=O)O. The summed E-state index contributed by atoms with van der Waals surface area (Å²) in [6.07, 6.45) is 46.1. The number of ether oxygens (including phenoxy) is 2. The maximum Gasteiger partial charge on any atom is 0.397 e. The predicted molar refractivity (Wildman–Crippen MR) is 227 cm³/mol. The van der Waals surface area contributed by atoms with E-state index in [0.29, 0.717) is 6.54 Å². The normalized spacial score (nSPS) is 13.9. The van der Waals surface area contributed by atoms with E-state index in [1.165, 1.54) is 167 Å². The van der Waals surface area contributed by atoms with Crippen molar-refractivity contribution in [1.29, 1.82) is 0 Å². The molecule has 0 aromatic rings. The molecule has 0 bridgehead atoms. The lowest BCUT2D eigenvalue weighted by Crippen LogP contribution is -2.46. The van der Waals surface area contributed by atoms with Crippen molar-refractivity contribution in [2.75, 3.05) is 26.9 Å². The molecule has 0 saturated carbocycles. The molecule has 2 N–H and O–H groups in total. The Morgan fingerprint density at radius 1 is 0.509 bits per heavy atom. The monoisotopic (exact) mass is 776 g/mol. The molecule has 0 aliphatic carbocycles.